The molecule has 0 spiro atoms. The molecule has 3 N–H and O–H groups in total. The third kappa shape index (κ3) is 9.49. The standard InChI is InChI=1S/C11H17N3O3.2ClH/c1-17-5-4-12-8-11(16)14-7-9-2-3-10(15)13-6-9;;/h2-3,6,12H,4-5,7-8H2,1H3,(H,13,15)(H,14,16);2*1H. The van der Waals surface area contributed by atoms with E-state index >= 15 is 0 Å². The molecule has 1 aromatic heterocycles. The Morgan fingerprint density at radius 1 is 1.37 bits per heavy atom. The second-order valence-electron chi connectivity index (χ2n) is 3.51. The number of rotatable bonds is 7. The van der Waals surface area contributed by atoms with E-state index in [4.69, 9.17) is 4.74 Å². The highest BCUT2D eigenvalue weighted by Gasteiger charge is 2.00. The number of hydrogen-bond donors (Lipinski definition) is 3. The van der Waals surface area contributed by atoms with Gasteiger partial charge in [0.25, 0.3) is 0 Å². The minimum absolute atomic E-state index is 0. The Balaban J connectivity index is 0. The lowest BCUT2D eigenvalue weighted by molar-refractivity contribution is -0.120. The van der Waals surface area contributed by atoms with E-state index in [1.807, 2.05) is 0 Å². The molecule has 0 saturated carbocycles. The third-order valence-corrected chi connectivity index (χ3v) is 2.11. The van der Waals surface area contributed by atoms with Gasteiger partial charge >= 0.3 is 0 Å². The number of ether oxygens (including phenoxy) is 1. The maximum atomic E-state index is 11.4. The number of aromatic amines is 1. The molecule has 0 aliphatic carbocycles. The SMILES string of the molecule is COCCNCC(=O)NCc1ccc(=O)[nH]c1.Cl.Cl. The largest absolute Gasteiger partial charge is 0.383 e. The fourth-order valence-corrected chi connectivity index (χ4v) is 1.19. The number of carbonyl (C=O) groups is 1. The van der Waals surface area contributed by atoms with Crippen LogP contribution < -0.4 is 16.2 Å². The first kappa shape index (κ1) is 20.2. The highest BCUT2D eigenvalue weighted by Crippen LogP contribution is 1.91. The highest BCUT2D eigenvalue weighted by molar-refractivity contribution is 5.85. The van der Waals surface area contributed by atoms with E-state index in [0.717, 1.165) is 5.56 Å². The minimum Gasteiger partial charge on any atom is -0.383 e. The minimum atomic E-state index is -0.152. The zero-order chi connectivity index (χ0) is 12.5. The summed E-state index contributed by atoms with van der Waals surface area (Å²) in [4.78, 5) is 24.7. The number of hydrogen-bond acceptors (Lipinski definition) is 4. The summed E-state index contributed by atoms with van der Waals surface area (Å²) in [6.45, 7) is 1.88. The van der Waals surface area contributed by atoms with Crippen LogP contribution in [-0.4, -0.2) is 37.7 Å². The first-order valence-electron chi connectivity index (χ1n) is 5.36. The topological polar surface area (TPSA) is 83.2 Å². The highest BCUT2D eigenvalue weighted by atomic mass is 35.5. The van der Waals surface area contributed by atoms with Crippen LogP contribution >= 0.6 is 24.8 Å². The van der Waals surface area contributed by atoms with E-state index in [9.17, 15) is 9.59 Å². The molecular formula is C11H19Cl2N3O3. The van der Waals surface area contributed by atoms with Crippen molar-refractivity contribution in [2.45, 2.75) is 6.54 Å². The van der Waals surface area contributed by atoms with Gasteiger partial charge in [-0.15, -0.1) is 24.8 Å². The molecule has 110 valence electrons. The second kappa shape index (κ2) is 12.0. The van der Waals surface area contributed by atoms with E-state index in [0.29, 0.717) is 19.7 Å². The summed E-state index contributed by atoms with van der Waals surface area (Å²) in [5.41, 5.74) is 0.705. The van der Waals surface area contributed by atoms with Crippen molar-refractivity contribution in [2.24, 2.45) is 0 Å². The molecule has 1 rings (SSSR count). The Labute approximate surface area is 124 Å². The van der Waals surface area contributed by atoms with Gasteiger partial charge in [-0.2, -0.15) is 0 Å². The fourth-order valence-electron chi connectivity index (χ4n) is 1.19. The van der Waals surface area contributed by atoms with Gasteiger partial charge in [0.05, 0.1) is 13.2 Å². The van der Waals surface area contributed by atoms with Crippen molar-refractivity contribution >= 4 is 30.7 Å². The Morgan fingerprint density at radius 3 is 2.68 bits per heavy atom. The molecule has 19 heavy (non-hydrogen) atoms. The van der Waals surface area contributed by atoms with E-state index < -0.39 is 0 Å². The van der Waals surface area contributed by atoms with Crippen LogP contribution in [0.3, 0.4) is 0 Å². The van der Waals surface area contributed by atoms with Crippen LogP contribution in [0.5, 0.6) is 0 Å². The molecule has 0 aromatic carbocycles. The number of nitrogens with one attached hydrogen (secondary N) is 3. The summed E-state index contributed by atoms with van der Waals surface area (Å²) >= 11 is 0. The molecule has 0 fully saturated rings. The molecule has 8 heteroatoms. The number of halogens is 2. The normalized spacial score (nSPS) is 9.11. The molecule has 0 unspecified atom stereocenters. The van der Waals surface area contributed by atoms with E-state index in [1.54, 1.807) is 19.4 Å². The summed E-state index contributed by atoms with van der Waals surface area (Å²) < 4.78 is 4.84. The number of pyridine rings is 1. The lowest BCUT2D eigenvalue weighted by Gasteiger charge is -2.06. The molecule has 0 saturated heterocycles. The van der Waals surface area contributed by atoms with Crippen molar-refractivity contribution in [1.82, 2.24) is 15.6 Å². The molecule has 1 aromatic rings. The summed E-state index contributed by atoms with van der Waals surface area (Å²) in [6.07, 6.45) is 1.58. The van der Waals surface area contributed by atoms with Gasteiger partial charge in [0, 0.05) is 32.5 Å². The van der Waals surface area contributed by atoms with Crippen LogP contribution in [0.25, 0.3) is 0 Å². The van der Waals surface area contributed by atoms with Gasteiger partial charge in [-0.3, -0.25) is 9.59 Å². The monoisotopic (exact) mass is 311 g/mol. The lowest BCUT2D eigenvalue weighted by atomic mass is 10.3. The van der Waals surface area contributed by atoms with Crippen molar-refractivity contribution in [3.63, 3.8) is 0 Å². The number of amides is 1. The zero-order valence-electron chi connectivity index (χ0n) is 10.6. The van der Waals surface area contributed by atoms with E-state index in [2.05, 4.69) is 15.6 Å². The van der Waals surface area contributed by atoms with Gasteiger partial charge < -0.3 is 20.4 Å². The van der Waals surface area contributed by atoms with Crippen LogP contribution in [-0.2, 0) is 16.1 Å². The molecular weight excluding hydrogens is 293 g/mol. The van der Waals surface area contributed by atoms with Crippen LogP contribution in [0, 0.1) is 0 Å². The van der Waals surface area contributed by atoms with Crippen LogP contribution in [0.15, 0.2) is 23.1 Å². The van der Waals surface area contributed by atoms with Gasteiger partial charge in [-0.25, -0.2) is 0 Å². The molecule has 1 heterocycles. The Bertz CT molecular complexity index is 392. The first-order valence-corrected chi connectivity index (χ1v) is 5.36. The maximum absolute atomic E-state index is 11.4. The smallest absolute Gasteiger partial charge is 0.247 e. The van der Waals surface area contributed by atoms with Gasteiger partial charge in [-0.05, 0) is 5.56 Å². The van der Waals surface area contributed by atoms with Crippen molar-refractivity contribution in [2.75, 3.05) is 26.8 Å². The molecule has 0 bridgehead atoms. The summed E-state index contributed by atoms with van der Waals surface area (Å²) in [7, 11) is 1.61. The Morgan fingerprint density at radius 2 is 2.11 bits per heavy atom. The van der Waals surface area contributed by atoms with Gasteiger partial charge in [0.15, 0.2) is 0 Å². The summed E-state index contributed by atoms with van der Waals surface area (Å²) in [5.74, 6) is -0.0905. The Kier molecular flexibility index (Phi) is 12.8. The molecule has 0 aliphatic rings. The van der Waals surface area contributed by atoms with Crippen LogP contribution in [0.2, 0.25) is 0 Å². The van der Waals surface area contributed by atoms with Crippen molar-refractivity contribution in [3.8, 4) is 0 Å². The third-order valence-electron chi connectivity index (χ3n) is 2.11. The fraction of sp³-hybridized carbons (Fsp3) is 0.455. The summed E-state index contributed by atoms with van der Waals surface area (Å²) in [5, 5.41) is 5.67. The molecule has 0 aliphatic heterocycles. The van der Waals surface area contributed by atoms with Gasteiger partial charge in [-0.1, -0.05) is 6.07 Å². The van der Waals surface area contributed by atoms with E-state index in [1.165, 1.54) is 6.07 Å². The van der Waals surface area contributed by atoms with Gasteiger partial charge in [0.2, 0.25) is 11.5 Å². The first-order chi connectivity index (χ1) is 8.22. The average Bonchev–Trinajstić information content (AvgIpc) is 2.34. The second-order valence-corrected chi connectivity index (χ2v) is 3.51. The molecule has 0 atom stereocenters. The predicted octanol–water partition coefficient (Wildman–Crippen LogP) is 0.0707. The quantitative estimate of drug-likeness (QED) is 0.622. The van der Waals surface area contributed by atoms with Crippen molar-refractivity contribution in [1.29, 1.82) is 0 Å². The maximum Gasteiger partial charge on any atom is 0.247 e. The molecule has 1 amide bonds. The number of carbonyl (C=O) groups excluding carboxylic acids is 1. The Hall–Kier alpha value is -1.08. The average molecular weight is 312 g/mol. The van der Waals surface area contributed by atoms with Crippen LogP contribution in [0.1, 0.15) is 5.56 Å². The molecule has 0 radical (unpaired) electrons. The molecule has 6 nitrogen and oxygen atoms in total. The number of methoxy groups -OCH3 is 1. The van der Waals surface area contributed by atoms with Crippen molar-refractivity contribution < 1.29 is 9.53 Å². The number of H-pyrrole nitrogens is 1. The van der Waals surface area contributed by atoms with Gasteiger partial charge in [0.1, 0.15) is 0 Å². The van der Waals surface area contributed by atoms with Crippen LogP contribution in [0.4, 0.5) is 0 Å². The predicted molar refractivity (Wildman–Crippen MR) is 78.2 cm³/mol. The lowest BCUT2D eigenvalue weighted by Crippen LogP contribution is -2.34. The van der Waals surface area contributed by atoms with E-state index in [-0.39, 0.29) is 42.8 Å². The summed E-state index contributed by atoms with van der Waals surface area (Å²) in [6, 6.07) is 3.11. The zero-order valence-corrected chi connectivity index (χ0v) is 12.2. The van der Waals surface area contributed by atoms with Crippen molar-refractivity contribution in [3.05, 3.63) is 34.2 Å². The number of aromatic nitrogens is 1.